The molecule has 0 aromatic carbocycles. The maximum atomic E-state index is 8.85. The minimum Gasteiger partial charge on any atom is -0.379 e. The highest BCUT2D eigenvalue weighted by atomic mass is 16.5. The van der Waals surface area contributed by atoms with Gasteiger partial charge in [0.15, 0.2) is 0 Å². The molecule has 84 valence electrons. The van der Waals surface area contributed by atoms with Crippen LogP contribution in [-0.4, -0.2) is 36.3 Å². The molecule has 5 heteroatoms. The van der Waals surface area contributed by atoms with Gasteiger partial charge in [0.2, 0.25) is 0 Å². The van der Waals surface area contributed by atoms with E-state index >= 15 is 0 Å². The number of pyridine rings is 1. The third-order valence-corrected chi connectivity index (χ3v) is 2.37. The van der Waals surface area contributed by atoms with E-state index in [1.165, 1.54) is 0 Å². The van der Waals surface area contributed by atoms with Gasteiger partial charge in [-0.1, -0.05) is 0 Å². The zero-order valence-corrected chi connectivity index (χ0v) is 9.23. The number of hydrogen-bond acceptors (Lipinski definition) is 5. The Bertz CT molecular complexity index is 407. The molecule has 0 spiro atoms. The minimum atomic E-state index is 0.628. The number of nitrogens with zero attached hydrogens (tertiary/aromatic N) is 3. The molecular formula is C11H14N4O. The van der Waals surface area contributed by atoms with Gasteiger partial charge < -0.3 is 10.2 Å². The zero-order chi connectivity index (χ0) is 11.4. The quantitative estimate of drug-likeness (QED) is 0.799. The van der Waals surface area contributed by atoms with Crippen LogP contribution in [0.2, 0.25) is 0 Å². The van der Waals surface area contributed by atoms with Gasteiger partial charge in [-0.25, -0.2) is 9.99 Å². The molecule has 0 amide bonds. The van der Waals surface area contributed by atoms with E-state index in [4.69, 9.17) is 10.00 Å². The molecule has 2 heterocycles. The largest absolute Gasteiger partial charge is 0.379 e. The number of ether oxygens (including phenoxy) is 1. The first-order chi connectivity index (χ1) is 7.78. The lowest BCUT2D eigenvalue weighted by Crippen LogP contribution is -2.40. The third-order valence-electron chi connectivity index (χ3n) is 2.37. The molecule has 0 bridgehead atoms. The lowest BCUT2D eigenvalue weighted by atomic mass is 10.2. The molecule has 1 aliphatic rings. The normalized spacial score (nSPS) is 16.8. The number of hydrogen-bond donors (Lipinski definition) is 1. The molecule has 1 N–H and O–H groups in total. The van der Waals surface area contributed by atoms with Crippen molar-refractivity contribution >= 4 is 5.82 Å². The fourth-order valence-corrected chi connectivity index (χ4v) is 1.63. The first-order valence-electron chi connectivity index (χ1n) is 5.26. The summed E-state index contributed by atoms with van der Waals surface area (Å²) in [4.78, 5) is 4.33. The second kappa shape index (κ2) is 4.92. The summed E-state index contributed by atoms with van der Waals surface area (Å²) in [6.45, 7) is 4.99. The SMILES string of the molecule is Cc1cc(C#N)cc(NN2CCOCC2)n1. The molecule has 5 nitrogen and oxygen atoms in total. The van der Waals surface area contributed by atoms with Crippen molar-refractivity contribution in [3.05, 3.63) is 23.4 Å². The Kier molecular flexibility index (Phi) is 3.34. The molecule has 1 fully saturated rings. The Labute approximate surface area is 94.6 Å². The molecule has 1 saturated heterocycles. The van der Waals surface area contributed by atoms with Crippen LogP contribution in [0.1, 0.15) is 11.3 Å². The van der Waals surface area contributed by atoms with Gasteiger partial charge >= 0.3 is 0 Å². The van der Waals surface area contributed by atoms with Gasteiger partial charge in [0, 0.05) is 18.8 Å². The fraction of sp³-hybridized carbons (Fsp3) is 0.455. The van der Waals surface area contributed by atoms with E-state index in [1.807, 2.05) is 11.9 Å². The van der Waals surface area contributed by atoms with Crippen LogP contribution in [0.3, 0.4) is 0 Å². The van der Waals surface area contributed by atoms with Crippen molar-refractivity contribution in [3.63, 3.8) is 0 Å². The number of anilines is 1. The average Bonchev–Trinajstić information content (AvgIpc) is 2.29. The van der Waals surface area contributed by atoms with Gasteiger partial charge in [-0.2, -0.15) is 5.26 Å². The van der Waals surface area contributed by atoms with Gasteiger partial charge in [-0.3, -0.25) is 0 Å². The van der Waals surface area contributed by atoms with Crippen molar-refractivity contribution in [1.29, 1.82) is 5.26 Å². The van der Waals surface area contributed by atoms with E-state index in [2.05, 4.69) is 16.5 Å². The molecule has 0 unspecified atom stereocenters. The smallest absolute Gasteiger partial charge is 0.141 e. The van der Waals surface area contributed by atoms with E-state index in [0.717, 1.165) is 37.8 Å². The summed E-state index contributed by atoms with van der Waals surface area (Å²) in [5, 5.41) is 10.9. The monoisotopic (exact) mass is 218 g/mol. The number of aromatic nitrogens is 1. The molecule has 0 radical (unpaired) electrons. The number of hydrazine groups is 1. The summed E-state index contributed by atoms with van der Waals surface area (Å²) in [5.74, 6) is 0.721. The summed E-state index contributed by atoms with van der Waals surface area (Å²) < 4.78 is 5.25. The maximum absolute atomic E-state index is 8.85. The van der Waals surface area contributed by atoms with Crippen molar-refractivity contribution in [3.8, 4) is 6.07 Å². The molecule has 0 aliphatic carbocycles. The molecule has 1 aromatic rings. The van der Waals surface area contributed by atoms with Gasteiger partial charge in [-0.15, -0.1) is 0 Å². The number of rotatable bonds is 2. The van der Waals surface area contributed by atoms with Crippen molar-refractivity contribution in [2.75, 3.05) is 31.7 Å². The fourth-order valence-electron chi connectivity index (χ4n) is 1.63. The lowest BCUT2D eigenvalue weighted by Gasteiger charge is -2.27. The van der Waals surface area contributed by atoms with Crippen LogP contribution in [0, 0.1) is 18.3 Å². The Balaban J connectivity index is 2.08. The second-order valence-corrected chi connectivity index (χ2v) is 3.71. The first kappa shape index (κ1) is 10.9. The summed E-state index contributed by atoms with van der Waals surface area (Å²) >= 11 is 0. The lowest BCUT2D eigenvalue weighted by molar-refractivity contribution is 0.0495. The van der Waals surface area contributed by atoms with Crippen molar-refractivity contribution < 1.29 is 4.74 Å². The van der Waals surface area contributed by atoms with Crippen LogP contribution < -0.4 is 5.43 Å². The van der Waals surface area contributed by atoms with Crippen LogP contribution >= 0.6 is 0 Å². The number of aryl methyl sites for hydroxylation is 1. The average molecular weight is 218 g/mol. The van der Waals surface area contributed by atoms with Crippen LogP contribution in [0.4, 0.5) is 5.82 Å². The van der Waals surface area contributed by atoms with Crippen LogP contribution in [0.15, 0.2) is 12.1 Å². The summed E-state index contributed by atoms with van der Waals surface area (Å²) in [7, 11) is 0. The highest BCUT2D eigenvalue weighted by molar-refractivity contribution is 5.43. The minimum absolute atomic E-state index is 0.628. The molecule has 2 rings (SSSR count). The van der Waals surface area contributed by atoms with Gasteiger partial charge in [0.1, 0.15) is 5.82 Å². The molecule has 1 aliphatic heterocycles. The van der Waals surface area contributed by atoms with Crippen molar-refractivity contribution in [2.45, 2.75) is 6.92 Å². The molecule has 0 saturated carbocycles. The van der Waals surface area contributed by atoms with Crippen molar-refractivity contribution in [1.82, 2.24) is 9.99 Å². The van der Waals surface area contributed by atoms with Gasteiger partial charge in [0.05, 0.1) is 24.8 Å². The number of nitrogens with one attached hydrogen (secondary N) is 1. The van der Waals surface area contributed by atoms with Crippen LogP contribution in [-0.2, 0) is 4.74 Å². The van der Waals surface area contributed by atoms with E-state index in [-0.39, 0.29) is 0 Å². The predicted molar refractivity (Wildman–Crippen MR) is 59.7 cm³/mol. The number of nitriles is 1. The van der Waals surface area contributed by atoms with Crippen molar-refractivity contribution in [2.24, 2.45) is 0 Å². The first-order valence-corrected chi connectivity index (χ1v) is 5.26. The predicted octanol–water partition coefficient (Wildman–Crippen LogP) is 0.921. The molecule has 1 aromatic heterocycles. The highest BCUT2D eigenvalue weighted by Crippen LogP contribution is 2.10. The zero-order valence-electron chi connectivity index (χ0n) is 9.23. The van der Waals surface area contributed by atoms with Crippen LogP contribution in [0.5, 0.6) is 0 Å². The topological polar surface area (TPSA) is 61.2 Å². The molecular weight excluding hydrogens is 204 g/mol. The number of morpholine rings is 1. The Morgan fingerprint density at radius 2 is 2.19 bits per heavy atom. The van der Waals surface area contributed by atoms with E-state index in [1.54, 1.807) is 12.1 Å². The Hall–Kier alpha value is -1.64. The van der Waals surface area contributed by atoms with Gasteiger partial charge in [-0.05, 0) is 19.1 Å². The van der Waals surface area contributed by atoms with E-state index < -0.39 is 0 Å². The van der Waals surface area contributed by atoms with E-state index in [9.17, 15) is 0 Å². The van der Waals surface area contributed by atoms with E-state index in [0.29, 0.717) is 5.56 Å². The summed E-state index contributed by atoms with van der Waals surface area (Å²) in [6.07, 6.45) is 0. The second-order valence-electron chi connectivity index (χ2n) is 3.71. The Morgan fingerprint density at radius 1 is 1.44 bits per heavy atom. The molecule has 16 heavy (non-hydrogen) atoms. The highest BCUT2D eigenvalue weighted by Gasteiger charge is 2.10. The summed E-state index contributed by atoms with van der Waals surface area (Å²) in [5.41, 5.74) is 4.66. The Morgan fingerprint density at radius 3 is 2.88 bits per heavy atom. The maximum Gasteiger partial charge on any atom is 0.141 e. The summed E-state index contributed by atoms with van der Waals surface area (Å²) in [6, 6.07) is 5.64. The van der Waals surface area contributed by atoms with Gasteiger partial charge in [0.25, 0.3) is 0 Å². The third kappa shape index (κ3) is 2.69. The van der Waals surface area contributed by atoms with Crippen LogP contribution in [0.25, 0.3) is 0 Å². The molecule has 0 atom stereocenters. The standard InChI is InChI=1S/C11H14N4O/c1-9-6-10(8-12)7-11(13-9)14-15-2-4-16-5-3-15/h6-7H,2-5H2,1H3,(H,13,14).